The number of hydrogen-bond donors (Lipinski definition) is 1. The average Bonchev–Trinajstić information content (AvgIpc) is 2.20. The van der Waals surface area contributed by atoms with Gasteiger partial charge in [-0.15, -0.1) is 12.4 Å². The van der Waals surface area contributed by atoms with Crippen LogP contribution < -0.4 is 5.73 Å². The molecule has 1 aromatic carbocycles. The molecule has 0 saturated carbocycles. The molecule has 2 N–H and O–H groups in total. The highest BCUT2D eigenvalue weighted by Crippen LogP contribution is 2.16. The van der Waals surface area contributed by atoms with Crippen molar-refractivity contribution in [1.82, 2.24) is 0 Å². The SMILES string of the molecule is COC(=O)[C@@H](N)Cc1ccccc1Cl.Cl. The maximum absolute atomic E-state index is 11.0. The van der Waals surface area contributed by atoms with Gasteiger partial charge in [0, 0.05) is 5.02 Å². The quantitative estimate of drug-likeness (QED) is 0.832. The normalized spacial score (nSPS) is 11.4. The number of esters is 1. The summed E-state index contributed by atoms with van der Waals surface area (Å²) in [6.45, 7) is 0. The third-order valence-corrected chi connectivity index (χ3v) is 2.27. The van der Waals surface area contributed by atoms with E-state index in [1.54, 1.807) is 6.07 Å². The number of rotatable bonds is 3. The Morgan fingerprint density at radius 2 is 2.13 bits per heavy atom. The molecule has 15 heavy (non-hydrogen) atoms. The van der Waals surface area contributed by atoms with E-state index >= 15 is 0 Å². The second-order valence-electron chi connectivity index (χ2n) is 2.93. The van der Waals surface area contributed by atoms with Crippen LogP contribution >= 0.6 is 24.0 Å². The van der Waals surface area contributed by atoms with Gasteiger partial charge in [0.25, 0.3) is 0 Å². The van der Waals surface area contributed by atoms with Crippen LogP contribution in [0.5, 0.6) is 0 Å². The van der Waals surface area contributed by atoms with Crippen LogP contribution in [-0.4, -0.2) is 19.1 Å². The molecule has 0 aliphatic rings. The molecule has 0 aromatic heterocycles. The highest BCUT2D eigenvalue weighted by molar-refractivity contribution is 6.31. The topological polar surface area (TPSA) is 52.3 Å². The van der Waals surface area contributed by atoms with Gasteiger partial charge in [-0.2, -0.15) is 0 Å². The number of carbonyl (C=O) groups excluding carboxylic acids is 1. The molecular formula is C10H13Cl2NO2. The molecule has 0 saturated heterocycles. The van der Waals surface area contributed by atoms with Gasteiger partial charge in [0.15, 0.2) is 0 Å². The van der Waals surface area contributed by atoms with Crippen LogP contribution in [0.25, 0.3) is 0 Å². The number of hydrogen-bond acceptors (Lipinski definition) is 3. The molecule has 3 nitrogen and oxygen atoms in total. The van der Waals surface area contributed by atoms with Gasteiger partial charge in [0.1, 0.15) is 6.04 Å². The van der Waals surface area contributed by atoms with Crippen LogP contribution in [0.15, 0.2) is 24.3 Å². The molecule has 1 rings (SSSR count). The van der Waals surface area contributed by atoms with Gasteiger partial charge in [-0.05, 0) is 18.1 Å². The number of nitrogens with two attached hydrogens (primary N) is 1. The van der Waals surface area contributed by atoms with E-state index in [9.17, 15) is 4.79 Å². The van der Waals surface area contributed by atoms with Crippen molar-refractivity contribution in [3.63, 3.8) is 0 Å². The van der Waals surface area contributed by atoms with E-state index in [0.29, 0.717) is 11.4 Å². The minimum Gasteiger partial charge on any atom is -0.468 e. The van der Waals surface area contributed by atoms with Gasteiger partial charge >= 0.3 is 5.97 Å². The predicted molar refractivity (Wildman–Crippen MR) is 62.4 cm³/mol. The van der Waals surface area contributed by atoms with E-state index in [0.717, 1.165) is 5.56 Å². The van der Waals surface area contributed by atoms with E-state index in [1.807, 2.05) is 18.2 Å². The van der Waals surface area contributed by atoms with Gasteiger partial charge in [-0.3, -0.25) is 4.79 Å². The minimum atomic E-state index is -0.653. The molecule has 0 aliphatic heterocycles. The lowest BCUT2D eigenvalue weighted by molar-refractivity contribution is -0.142. The summed E-state index contributed by atoms with van der Waals surface area (Å²) in [6, 6.07) is 6.63. The second-order valence-corrected chi connectivity index (χ2v) is 3.33. The first-order valence-corrected chi connectivity index (χ1v) is 4.59. The summed E-state index contributed by atoms with van der Waals surface area (Å²) in [5, 5.41) is 0.617. The van der Waals surface area contributed by atoms with Gasteiger partial charge in [0.2, 0.25) is 0 Å². The number of methoxy groups -OCH3 is 1. The fourth-order valence-electron chi connectivity index (χ4n) is 1.14. The van der Waals surface area contributed by atoms with Crippen molar-refractivity contribution >= 4 is 30.0 Å². The maximum atomic E-state index is 11.0. The first kappa shape index (κ1) is 14.2. The summed E-state index contributed by atoms with van der Waals surface area (Å²) in [6.07, 6.45) is 0.395. The summed E-state index contributed by atoms with van der Waals surface area (Å²) in [4.78, 5) is 11.0. The van der Waals surface area contributed by atoms with Crippen LogP contribution in [0, 0.1) is 0 Å². The summed E-state index contributed by atoms with van der Waals surface area (Å²) in [5.41, 5.74) is 6.45. The summed E-state index contributed by atoms with van der Waals surface area (Å²) in [5.74, 6) is -0.426. The maximum Gasteiger partial charge on any atom is 0.322 e. The van der Waals surface area contributed by atoms with Crippen LogP contribution in [-0.2, 0) is 16.0 Å². The van der Waals surface area contributed by atoms with Crippen molar-refractivity contribution in [1.29, 1.82) is 0 Å². The number of halogens is 2. The fraction of sp³-hybridized carbons (Fsp3) is 0.300. The van der Waals surface area contributed by atoms with Crippen molar-refractivity contribution in [3.8, 4) is 0 Å². The summed E-state index contributed by atoms with van der Waals surface area (Å²) < 4.78 is 4.52. The third-order valence-electron chi connectivity index (χ3n) is 1.90. The molecule has 0 amide bonds. The monoisotopic (exact) mass is 249 g/mol. The number of carbonyl (C=O) groups is 1. The van der Waals surface area contributed by atoms with Gasteiger partial charge in [0.05, 0.1) is 7.11 Å². The molecule has 84 valence electrons. The summed E-state index contributed by atoms with van der Waals surface area (Å²) in [7, 11) is 1.31. The fourth-order valence-corrected chi connectivity index (χ4v) is 1.35. The van der Waals surface area contributed by atoms with Crippen molar-refractivity contribution in [2.24, 2.45) is 5.73 Å². The lowest BCUT2D eigenvalue weighted by Crippen LogP contribution is -2.33. The zero-order valence-corrected chi connectivity index (χ0v) is 9.85. The largest absolute Gasteiger partial charge is 0.468 e. The van der Waals surface area contributed by atoms with E-state index in [-0.39, 0.29) is 12.4 Å². The molecule has 0 spiro atoms. The molecule has 0 fully saturated rings. The van der Waals surface area contributed by atoms with E-state index < -0.39 is 12.0 Å². The molecule has 0 unspecified atom stereocenters. The number of benzene rings is 1. The highest BCUT2D eigenvalue weighted by Gasteiger charge is 2.15. The van der Waals surface area contributed by atoms with Crippen LogP contribution in [0.1, 0.15) is 5.56 Å². The predicted octanol–water partition coefficient (Wildman–Crippen LogP) is 1.80. The van der Waals surface area contributed by atoms with Crippen molar-refractivity contribution in [2.45, 2.75) is 12.5 Å². The zero-order valence-electron chi connectivity index (χ0n) is 8.27. The smallest absolute Gasteiger partial charge is 0.322 e. The van der Waals surface area contributed by atoms with Gasteiger partial charge in [-0.25, -0.2) is 0 Å². The van der Waals surface area contributed by atoms with E-state index in [2.05, 4.69) is 4.74 Å². The Kier molecular flexibility index (Phi) is 6.32. The zero-order chi connectivity index (χ0) is 10.6. The Labute approximate surface area is 100.0 Å². The first-order chi connectivity index (χ1) is 6.65. The van der Waals surface area contributed by atoms with Crippen LogP contribution in [0.4, 0.5) is 0 Å². The van der Waals surface area contributed by atoms with Gasteiger partial charge < -0.3 is 10.5 Å². The van der Waals surface area contributed by atoms with Crippen LogP contribution in [0.2, 0.25) is 5.02 Å². The van der Waals surface area contributed by atoms with Crippen molar-refractivity contribution < 1.29 is 9.53 Å². The van der Waals surface area contributed by atoms with Crippen molar-refractivity contribution in [3.05, 3.63) is 34.9 Å². The molecule has 0 heterocycles. The Morgan fingerprint density at radius 3 is 2.67 bits per heavy atom. The van der Waals surface area contributed by atoms with E-state index in [1.165, 1.54) is 7.11 Å². The Bertz CT molecular complexity index is 331. The molecule has 1 atom stereocenters. The lowest BCUT2D eigenvalue weighted by atomic mass is 10.1. The Morgan fingerprint density at radius 1 is 1.53 bits per heavy atom. The van der Waals surface area contributed by atoms with Gasteiger partial charge in [-0.1, -0.05) is 29.8 Å². The molecule has 5 heteroatoms. The van der Waals surface area contributed by atoms with Crippen molar-refractivity contribution in [2.75, 3.05) is 7.11 Å². The third kappa shape index (κ3) is 4.08. The highest BCUT2D eigenvalue weighted by atomic mass is 35.5. The Hall–Kier alpha value is -0.770. The van der Waals surface area contributed by atoms with Crippen LogP contribution in [0.3, 0.4) is 0 Å². The molecular weight excluding hydrogens is 237 g/mol. The second kappa shape index (κ2) is 6.67. The molecule has 0 radical (unpaired) electrons. The molecule has 1 aromatic rings. The number of ether oxygens (including phenoxy) is 1. The molecule has 0 bridgehead atoms. The first-order valence-electron chi connectivity index (χ1n) is 4.22. The summed E-state index contributed by atoms with van der Waals surface area (Å²) >= 11 is 5.91. The minimum absolute atomic E-state index is 0. The standard InChI is InChI=1S/C10H12ClNO2.ClH/c1-14-10(13)9(12)6-7-4-2-3-5-8(7)11;/h2-5,9H,6,12H2,1H3;1H/t9-;/m0./s1. The lowest BCUT2D eigenvalue weighted by Gasteiger charge is -2.09. The van der Waals surface area contributed by atoms with E-state index in [4.69, 9.17) is 17.3 Å². The average molecular weight is 250 g/mol. The Balaban J connectivity index is 0.00000196. The molecule has 0 aliphatic carbocycles.